The molecule has 1 aliphatic rings. The van der Waals surface area contributed by atoms with Crippen LogP contribution in [0.1, 0.15) is 0 Å². The number of morpholine rings is 1. The number of hydrogen-bond acceptors (Lipinski definition) is 5. The monoisotopic (exact) mass is 409 g/mol. The van der Waals surface area contributed by atoms with Gasteiger partial charge in [-0.25, -0.2) is 5.10 Å². The first kappa shape index (κ1) is 19.5. The molecule has 0 atom stereocenters. The van der Waals surface area contributed by atoms with Crippen molar-refractivity contribution in [3.63, 3.8) is 0 Å². The molecule has 0 spiro atoms. The molecule has 150 valence electrons. The molecule has 0 bridgehead atoms. The van der Waals surface area contributed by atoms with E-state index in [1.165, 1.54) is 0 Å². The number of fused-ring (bicyclic) bond motifs is 1. The molecular weight excluding hydrogens is 386 g/mol. The van der Waals surface area contributed by atoms with Gasteiger partial charge in [0.05, 0.1) is 24.3 Å². The van der Waals surface area contributed by atoms with Crippen LogP contribution in [0.25, 0.3) is 22.0 Å². The Bertz CT molecular complexity index is 1060. The second kappa shape index (κ2) is 9.13. The summed E-state index contributed by atoms with van der Waals surface area (Å²) in [6.45, 7) is 5.22. The van der Waals surface area contributed by atoms with Gasteiger partial charge in [-0.3, -0.25) is 9.69 Å². The smallest absolute Gasteiger partial charge is 0.272 e. The lowest BCUT2D eigenvalue weighted by Crippen LogP contribution is -2.42. The van der Waals surface area contributed by atoms with Gasteiger partial charge in [0, 0.05) is 42.8 Å². The Balaban J connectivity index is 1.43. The predicted octanol–water partition coefficient (Wildman–Crippen LogP) is 2.21. The van der Waals surface area contributed by atoms with E-state index in [9.17, 15) is 4.79 Å². The lowest BCUT2D eigenvalue weighted by atomic mass is 10.0. The van der Waals surface area contributed by atoms with Crippen LogP contribution in [0.15, 0.2) is 53.3 Å². The van der Waals surface area contributed by atoms with Crippen LogP contribution in [-0.4, -0.2) is 59.6 Å². The summed E-state index contributed by atoms with van der Waals surface area (Å²) in [5.74, 6) is 0. The Kier molecular flexibility index (Phi) is 6.14. The number of aromatic nitrogens is 2. The summed E-state index contributed by atoms with van der Waals surface area (Å²) >= 11 is 5.43. The quantitative estimate of drug-likeness (QED) is 0.558. The Morgan fingerprint density at radius 3 is 2.76 bits per heavy atom. The molecule has 29 heavy (non-hydrogen) atoms. The van der Waals surface area contributed by atoms with E-state index in [-0.39, 0.29) is 5.56 Å². The van der Waals surface area contributed by atoms with Gasteiger partial charge in [0.15, 0.2) is 5.11 Å². The van der Waals surface area contributed by atoms with Gasteiger partial charge in [-0.2, -0.15) is 5.10 Å². The van der Waals surface area contributed by atoms with Crippen molar-refractivity contribution in [1.82, 2.24) is 20.4 Å². The van der Waals surface area contributed by atoms with Crippen molar-refractivity contribution in [3.05, 3.63) is 58.9 Å². The Labute approximate surface area is 174 Å². The van der Waals surface area contributed by atoms with Crippen molar-refractivity contribution in [2.24, 2.45) is 0 Å². The minimum atomic E-state index is -0.190. The molecule has 0 radical (unpaired) electrons. The molecular formula is C21H23N5O2S. The number of benzene rings is 2. The van der Waals surface area contributed by atoms with E-state index in [1.54, 1.807) is 6.07 Å². The zero-order chi connectivity index (χ0) is 20.1. The lowest BCUT2D eigenvalue weighted by Gasteiger charge is -2.26. The summed E-state index contributed by atoms with van der Waals surface area (Å²) in [5.41, 5.74) is 2.31. The third-order valence-corrected chi connectivity index (χ3v) is 5.15. The summed E-state index contributed by atoms with van der Waals surface area (Å²) in [6, 6.07) is 15.3. The maximum Gasteiger partial charge on any atom is 0.272 e. The van der Waals surface area contributed by atoms with Gasteiger partial charge in [-0.1, -0.05) is 30.3 Å². The van der Waals surface area contributed by atoms with Crippen LogP contribution in [0.4, 0.5) is 5.69 Å². The van der Waals surface area contributed by atoms with Crippen molar-refractivity contribution in [3.8, 4) is 11.3 Å². The third-order valence-electron chi connectivity index (χ3n) is 4.91. The second-order valence-electron chi connectivity index (χ2n) is 6.86. The summed E-state index contributed by atoms with van der Waals surface area (Å²) in [7, 11) is 0. The molecule has 8 heteroatoms. The standard InChI is InChI=1S/C21H23N5O2S/c27-20-18-7-2-1-6-17(18)19(24-25-20)15-4-3-5-16(14-15)23-21(29)22-8-9-26-10-12-28-13-11-26/h1-7,14H,8-13H2,(H,25,27)(H2,22,23,29). The SMILES string of the molecule is O=c1[nH]nc(-c2cccc(NC(=S)NCCN3CCOCC3)c2)c2ccccc12. The molecule has 1 aliphatic heterocycles. The number of nitrogens with one attached hydrogen (secondary N) is 3. The van der Waals surface area contributed by atoms with Crippen LogP contribution in [0.3, 0.4) is 0 Å². The zero-order valence-electron chi connectivity index (χ0n) is 16.0. The molecule has 0 aliphatic carbocycles. The van der Waals surface area contributed by atoms with E-state index in [2.05, 4.69) is 25.7 Å². The van der Waals surface area contributed by atoms with E-state index in [0.717, 1.165) is 61.7 Å². The molecule has 3 aromatic rings. The van der Waals surface area contributed by atoms with Crippen LogP contribution in [0.2, 0.25) is 0 Å². The number of H-pyrrole nitrogens is 1. The number of hydrogen-bond donors (Lipinski definition) is 3. The van der Waals surface area contributed by atoms with E-state index >= 15 is 0 Å². The minimum absolute atomic E-state index is 0.190. The van der Waals surface area contributed by atoms with Crippen LogP contribution in [0.5, 0.6) is 0 Å². The normalized spacial score (nSPS) is 14.6. The topological polar surface area (TPSA) is 82.3 Å². The highest BCUT2D eigenvalue weighted by Gasteiger charge is 2.11. The zero-order valence-corrected chi connectivity index (χ0v) is 16.8. The van der Waals surface area contributed by atoms with Gasteiger partial charge in [0.25, 0.3) is 5.56 Å². The summed E-state index contributed by atoms with van der Waals surface area (Å²) in [6.07, 6.45) is 0. The summed E-state index contributed by atoms with van der Waals surface area (Å²) < 4.78 is 5.36. The van der Waals surface area contributed by atoms with Gasteiger partial charge in [0.2, 0.25) is 0 Å². The van der Waals surface area contributed by atoms with E-state index in [4.69, 9.17) is 17.0 Å². The maximum absolute atomic E-state index is 12.0. The number of aromatic amines is 1. The first-order chi connectivity index (χ1) is 14.2. The molecule has 3 N–H and O–H groups in total. The molecule has 2 heterocycles. The Morgan fingerprint density at radius 2 is 1.93 bits per heavy atom. The van der Waals surface area contributed by atoms with Crippen molar-refractivity contribution in [2.75, 3.05) is 44.7 Å². The minimum Gasteiger partial charge on any atom is -0.379 e. The van der Waals surface area contributed by atoms with Gasteiger partial charge < -0.3 is 15.4 Å². The Morgan fingerprint density at radius 1 is 1.14 bits per heavy atom. The van der Waals surface area contributed by atoms with Gasteiger partial charge in [-0.15, -0.1) is 0 Å². The number of ether oxygens (including phenoxy) is 1. The molecule has 0 amide bonds. The molecule has 0 unspecified atom stereocenters. The van der Waals surface area contributed by atoms with E-state index in [1.807, 2.05) is 42.5 Å². The second-order valence-corrected chi connectivity index (χ2v) is 7.27. The summed E-state index contributed by atoms with van der Waals surface area (Å²) in [5, 5.41) is 15.3. The van der Waals surface area contributed by atoms with Crippen molar-refractivity contribution in [1.29, 1.82) is 0 Å². The molecule has 1 aromatic heterocycles. The van der Waals surface area contributed by atoms with Gasteiger partial charge in [0.1, 0.15) is 0 Å². The fourth-order valence-electron chi connectivity index (χ4n) is 3.41. The number of rotatable bonds is 5. The Hall–Kier alpha value is -2.81. The highest BCUT2D eigenvalue weighted by atomic mass is 32.1. The first-order valence-electron chi connectivity index (χ1n) is 9.63. The molecule has 1 fully saturated rings. The fraction of sp³-hybridized carbons (Fsp3) is 0.286. The number of nitrogens with zero attached hydrogens (tertiary/aromatic N) is 2. The van der Waals surface area contributed by atoms with E-state index < -0.39 is 0 Å². The lowest BCUT2D eigenvalue weighted by molar-refractivity contribution is 0.0389. The molecule has 0 saturated carbocycles. The predicted molar refractivity (Wildman–Crippen MR) is 119 cm³/mol. The van der Waals surface area contributed by atoms with Crippen LogP contribution < -0.4 is 16.2 Å². The van der Waals surface area contributed by atoms with Crippen LogP contribution in [-0.2, 0) is 4.74 Å². The highest BCUT2D eigenvalue weighted by molar-refractivity contribution is 7.80. The largest absolute Gasteiger partial charge is 0.379 e. The average Bonchev–Trinajstić information content (AvgIpc) is 2.75. The van der Waals surface area contributed by atoms with Crippen LogP contribution in [0, 0.1) is 0 Å². The van der Waals surface area contributed by atoms with Gasteiger partial charge in [-0.05, 0) is 30.4 Å². The van der Waals surface area contributed by atoms with Crippen molar-refractivity contribution < 1.29 is 4.74 Å². The van der Waals surface area contributed by atoms with Crippen molar-refractivity contribution in [2.45, 2.75) is 0 Å². The average molecular weight is 410 g/mol. The van der Waals surface area contributed by atoms with Gasteiger partial charge >= 0.3 is 0 Å². The van der Waals surface area contributed by atoms with E-state index in [0.29, 0.717) is 10.5 Å². The molecule has 4 rings (SSSR count). The fourth-order valence-corrected chi connectivity index (χ4v) is 3.63. The van der Waals surface area contributed by atoms with Crippen molar-refractivity contribution >= 4 is 33.8 Å². The summed E-state index contributed by atoms with van der Waals surface area (Å²) in [4.78, 5) is 14.4. The van der Waals surface area contributed by atoms with Crippen LogP contribution >= 0.6 is 12.2 Å². The molecule has 1 saturated heterocycles. The maximum atomic E-state index is 12.0. The third kappa shape index (κ3) is 4.79. The number of thiocarbonyl (C=S) groups is 1. The molecule has 2 aromatic carbocycles. The molecule has 7 nitrogen and oxygen atoms in total. The highest BCUT2D eigenvalue weighted by Crippen LogP contribution is 2.26. The number of anilines is 1. The first-order valence-corrected chi connectivity index (χ1v) is 10.0.